The zero-order valence-electron chi connectivity index (χ0n) is 18.2. The Balaban J connectivity index is 1.79. The predicted octanol–water partition coefficient (Wildman–Crippen LogP) is 5.33. The topological polar surface area (TPSA) is 77.5 Å². The second-order valence-corrected chi connectivity index (χ2v) is 8.05. The summed E-state index contributed by atoms with van der Waals surface area (Å²) in [5.41, 5.74) is 2.77. The number of pyridine rings is 1. The highest BCUT2D eigenvalue weighted by Crippen LogP contribution is 2.39. The van der Waals surface area contributed by atoms with Crippen molar-refractivity contribution in [1.82, 2.24) is 10.3 Å². The fourth-order valence-corrected chi connectivity index (χ4v) is 4.21. The Morgan fingerprint density at radius 3 is 2.56 bits per heavy atom. The van der Waals surface area contributed by atoms with Crippen molar-refractivity contribution >= 4 is 22.8 Å². The Hall–Kier alpha value is -3.74. The molecule has 1 saturated heterocycles. The molecule has 7 heteroatoms. The number of halogens is 1. The van der Waals surface area contributed by atoms with Crippen LogP contribution in [0.4, 0.5) is 9.18 Å². The van der Waals surface area contributed by atoms with Crippen LogP contribution < -0.4 is 10.1 Å². The number of ether oxygens (including phenoxy) is 2. The van der Waals surface area contributed by atoms with Gasteiger partial charge in [0.2, 0.25) is 5.88 Å². The molecule has 3 aromatic rings. The number of alkyl carbamates (subject to hydrolysis) is 1. The van der Waals surface area contributed by atoms with Gasteiger partial charge in [0.05, 0.1) is 12.8 Å². The van der Waals surface area contributed by atoms with Crippen LogP contribution in [0.2, 0.25) is 0 Å². The smallest absolute Gasteiger partial charge is 0.419 e. The second-order valence-electron chi connectivity index (χ2n) is 8.05. The summed E-state index contributed by atoms with van der Waals surface area (Å²) < 4.78 is 24.9. The van der Waals surface area contributed by atoms with Gasteiger partial charge in [0, 0.05) is 22.4 Å². The molecule has 0 radical (unpaired) electrons. The van der Waals surface area contributed by atoms with Gasteiger partial charge in [-0.25, -0.2) is 14.2 Å². The lowest BCUT2D eigenvalue weighted by molar-refractivity contribution is -0.116. The molecule has 1 aliphatic rings. The standard InChI is InChI=1S/C25H23FN2O4/c1-13(2)21(14(3)22-23(29)28-25(30)32-22)17-10-11-20(27-24(17)31-4)16-9-8-15-6-5-7-19(26)18(15)12-16/h5-13,21H,1-4H3,(H,28,29,30). The van der Waals surface area contributed by atoms with E-state index in [1.165, 1.54) is 13.2 Å². The summed E-state index contributed by atoms with van der Waals surface area (Å²) in [6, 6.07) is 14.2. The molecule has 164 valence electrons. The van der Waals surface area contributed by atoms with Gasteiger partial charge in [0.15, 0.2) is 5.76 Å². The molecule has 2 aromatic carbocycles. The molecule has 4 rings (SSSR count). The van der Waals surface area contributed by atoms with Crippen molar-refractivity contribution < 1.29 is 23.5 Å². The number of methoxy groups -OCH3 is 1. The molecule has 1 N–H and O–H groups in total. The van der Waals surface area contributed by atoms with Gasteiger partial charge in [-0.3, -0.25) is 10.1 Å². The highest BCUT2D eigenvalue weighted by molar-refractivity contribution is 6.08. The molecule has 32 heavy (non-hydrogen) atoms. The minimum Gasteiger partial charge on any atom is -0.481 e. The molecule has 1 atom stereocenters. The number of nitrogens with zero attached hydrogens (tertiary/aromatic N) is 1. The summed E-state index contributed by atoms with van der Waals surface area (Å²) in [7, 11) is 1.53. The van der Waals surface area contributed by atoms with Crippen LogP contribution in [-0.4, -0.2) is 24.1 Å². The van der Waals surface area contributed by atoms with Gasteiger partial charge < -0.3 is 9.47 Å². The fourth-order valence-electron chi connectivity index (χ4n) is 4.21. The zero-order valence-corrected chi connectivity index (χ0v) is 18.2. The first-order valence-corrected chi connectivity index (χ1v) is 10.3. The third kappa shape index (κ3) is 3.82. The molecule has 2 amide bonds. The molecule has 2 heterocycles. The van der Waals surface area contributed by atoms with E-state index in [1.54, 1.807) is 19.1 Å². The number of carbonyl (C=O) groups excluding carboxylic acids is 2. The number of hydrogen-bond acceptors (Lipinski definition) is 5. The fraction of sp³-hybridized carbons (Fsp3) is 0.240. The number of imide groups is 1. The average molecular weight is 434 g/mol. The van der Waals surface area contributed by atoms with E-state index in [2.05, 4.69) is 10.3 Å². The Kier molecular flexibility index (Phi) is 5.65. The summed E-state index contributed by atoms with van der Waals surface area (Å²) in [6.07, 6.45) is -0.782. The number of aromatic nitrogens is 1. The average Bonchev–Trinajstić information content (AvgIpc) is 3.11. The highest BCUT2D eigenvalue weighted by Gasteiger charge is 2.33. The minimum absolute atomic E-state index is 0.00448. The Bertz CT molecular complexity index is 1270. The van der Waals surface area contributed by atoms with Crippen molar-refractivity contribution in [2.75, 3.05) is 7.11 Å². The van der Waals surface area contributed by atoms with E-state index in [0.29, 0.717) is 22.5 Å². The molecule has 1 aliphatic heterocycles. The number of rotatable bonds is 5. The SMILES string of the molecule is COc1nc(-c2ccc3cccc(F)c3c2)ccc1C(C(C)=C1OC(=O)NC1=O)C(C)C. The lowest BCUT2D eigenvalue weighted by Gasteiger charge is -2.24. The van der Waals surface area contributed by atoms with Crippen LogP contribution in [0.3, 0.4) is 0 Å². The minimum atomic E-state index is -0.782. The van der Waals surface area contributed by atoms with Gasteiger partial charge in [0.25, 0.3) is 5.91 Å². The maximum absolute atomic E-state index is 14.3. The summed E-state index contributed by atoms with van der Waals surface area (Å²) in [4.78, 5) is 28.3. The van der Waals surface area contributed by atoms with E-state index in [0.717, 1.165) is 16.5 Å². The summed E-state index contributed by atoms with van der Waals surface area (Å²) in [5.74, 6) is -0.665. The third-order valence-electron chi connectivity index (χ3n) is 5.65. The number of fused-ring (bicyclic) bond motifs is 1. The quantitative estimate of drug-likeness (QED) is 0.549. The van der Waals surface area contributed by atoms with Gasteiger partial charge in [-0.05, 0) is 42.0 Å². The maximum Gasteiger partial charge on any atom is 0.419 e. The number of amides is 2. The molecular formula is C25H23FN2O4. The van der Waals surface area contributed by atoms with E-state index in [9.17, 15) is 14.0 Å². The Morgan fingerprint density at radius 1 is 1.12 bits per heavy atom. The van der Waals surface area contributed by atoms with Crippen LogP contribution in [0, 0.1) is 11.7 Å². The predicted molar refractivity (Wildman–Crippen MR) is 119 cm³/mol. The van der Waals surface area contributed by atoms with Crippen LogP contribution in [0.5, 0.6) is 5.88 Å². The monoisotopic (exact) mass is 434 g/mol. The number of benzene rings is 2. The molecule has 1 unspecified atom stereocenters. The molecule has 1 fully saturated rings. The van der Waals surface area contributed by atoms with Crippen molar-refractivity contribution in [3.8, 4) is 17.1 Å². The highest BCUT2D eigenvalue weighted by atomic mass is 19.1. The van der Waals surface area contributed by atoms with E-state index in [1.807, 2.05) is 44.2 Å². The van der Waals surface area contributed by atoms with Gasteiger partial charge in [0.1, 0.15) is 5.82 Å². The van der Waals surface area contributed by atoms with E-state index < -0.39 is 12.0 Å². The van der Waals surface area contributed by atoms with Crippen molar-refractivity contribution in [2.45, 2.75) is 26.7 Å². The van der Waals surface area contributed by atoms with E-state index >= 15 is 0 Å². The first kappa shape index (κ1) is 21.5. The maximum atomic E-state index is 14.3. The van der Waals surface area contributed by atoms with Crippen molar-refractivity contribution in [2.24, 2.45) is 5.92 Å². The lowest BCUT2D eigenvalue weighted by atomic mass is 9.82. The Morgan fingerprint density at radius 2 is 1.91 bits per heavy atom. The number of nitrogens with one attached hydrogen (secondary N) is 1. The van der Waals surface area contributed by atoms with Gasteiger partial charge >= 0.3 is 6.09 Å². The van der Waals surface area contributed by atoms with Crippen LogP contribution in [0.1, 0.15) is 32.3 Å². The number of hydrogen-bond donors (Lipinski definition) is 1. The molecule has 6 nitrogen and oxygen atoms in total. The lowest BCUT2D eigenvalue weighted by Crippen LogP contribution is -2.20. The van der Waals surface area contributed by atoms with Crippen LogP contribution in [0.25, 0.3) is 22.0 Å². The molecule has 0 aliphatic carbocycles. The van der Waals surface area contributed by atoms with E-state index in [-0.39, 0.29) is 23.4 Å². The summed E-state index contributed by atoms with van der Waals surface area (Å²) in [5, 5.41) is 3.46. The second kappa shape index (κ2) is 8.42. The van der Waals surface area contributed by atoms with Crippen LogP contribution >= 0.6 is 0 Å². The van der Waals surface area contributed by atoms with Gasteiger partial charge in [-0.15, -0.1) is 0 Å². The largest absolute Gasteiger partial charge is 0.481 e. The number of allylic oxidation sites excluding steroid dienone is 1. The first-order chi connectivity index (χ1) is 15.3. The van der Waals surface area contributed by atoms with E-state index in [4.69, 9.17) is 9.47 Å². The summed E-state index contributed by atoms with van der Waals surface area (Å²) in [6.45, 7) is 5.77. The number of cyclic esters (lactones) is 1. The molecule has 0 saturated carbocycles. The van der Waals surface area contributed by atoms with Gasteiger partial charge in [-0.2, -0.15) is 0 Å². The molecule has 0 bridgehead atoms. The number of carbonyl (C=O) groups is 2. The third-order valence-corrected chi connectivity index (χ3v) is 5.65. The van der Waals surface area contributed by atoms with Crippen molar-refractivity contribution in [3.05, 3.63) is 71.2 Å². The van der Waals surface area contributed by atoms with Gasteiger partial charge in [-0.1, -0.05) is 44.2 Å². The van der Waals surface area contributed by atoms with Crippen molar-refractivity contribution in [1.29, 1.82) is 0 Å². The van der Waals surface area contributed by atoms with Crippen molar-refractivity contribution in [3.63, 3.8) is 0 Å². The molecule has 1 aromatic heterocycles. The summed E-state index contributed by atoms with van der Waals surface area (Å²) >= 11 is 0. The first-order valence-electron chi connectivity index (χ1n) is 10.3. The zero-order chi connectivity index (χ0) is 23.0. The van der Waals surface area contributed by atoms with Crippen LogP contribution in [0.15, 0.2) is 59.9 Å². The molecule has 0 spiro atoms. The Labute approximate surface area is 185 Å². The normalized spacial score (nSPS) is 16.2. The molecular weight excluding hydrogens is 411 g/mol. The van der Waals surface area contributed by atoms with Crippen LogP contribution in [-0.2, 0) is 9.53 Å².